The molecule has 158 valence electrons. The second-order valence-electron chi connectivity index (χ2n) is 5.63. The number of carbonyl (C=O) groups excluding carboxylic acids is 4. The van der Waals surface area contributed by atoms with Crippen LogP contribution in [0.4, 0.5) is 0 Å². The van der Waals surface area contributed by atoms with E-state index >= 15 is 0 Å². The lowest BCUT2D eigenvalue weighted by Gasteiger charge is -2.20. The van der Waals surface area contributed by atoms with Gasteiger partial charge in [0.05, 0.1) is 19.0 Å². The van der Waals surface area contributed by atoms with Gasteiger partial charge in [-0.05, 0) is 6.42 Å². The minimum atomic E-state index is -1.37. The molecule has 0 aliphatic rings. The molecule has 0 bridgehead atoms. The van der Waals surface area contributed by atoms with Crippen molar-refractivity contribution in [3.8, 4) is 0 Å². The van der Waals surface area contributed by atoms with Crippen LogP contribution in [0.1, 0.15) is 19.3 Å². The van der Waals surface area contributed by atoms with Crippen molar-refractivity contribution in [1.29, 1.82) is 0 Å². The number of rotatable bonds is 13. The van der Waals surface area contributed by atoms with Crippen LogP contribution in [0.3, 0.4) is 0 Å². The Bertz CT molecular complexity index is 629. The summed E-state index contributed by atoms with van der Waals surface area (Å²) in [5, 5.41) is 24.0. The highest BCUT2D eigenvalue weighted by Gasteiger charge is 2.26. The number of carbonyl (C=O) groups is 6. The molecule has 13 nitrogen and oxygen atoms in total. The van der Waals surface area contributed by atoms with Crippen LogP contribution in [0, 0.1) is 0 Å². The number of amides is 4. The van der Waals surface area contributed by atoms with Crippen LogP contribution in [0.15, 0.2) is 0 Å². The Hall–Kier alpha value is -2.87. The quantitative estimate of drug-likeness (QED) is 0.136. The van der Waals surface area contributed by atoms with Crippen molar-refractivity contribution < 1.29 is 39.0 Å². The van der Waals surface area contributed by atoms with E-state index in [1.54, 1.807) is 0 Å². The fourth-order valence-electron chi connectivity index (χ4n) is 1.84. The molecule has 3 unspecified atom stereocenters. The normalized spacial score (nSPS) is 13.5. The molecule has 4 amide bonds. The van der Waals surface area contributed by atoms with Crippen molar-refractivity contribution in [1.82, 2.24) is 16.0 Å². The third-order valence-electron chi connectivity index (χ3n) is 3.28. The summed E-state index contributed by atoms with van der Waals surface area (Å²) in [6.45, 7) is -0.624. The van der Waals surface area contributed by atoms with Crippen LogP contribution < -0.4 is 27.4 Å². The van der Waals surface area contributed by atoms with Gasteiger partial charge in [0.1, 0.15) is 12.1 Å². The Morgan fingerprint density at radius 3 is 2.04 bits per heavy atom. The Morgan fingerprint density at radius 2 is 1.57 bits per heavy atom. The van der Waals surface area contributed by atoms with Gasteiger partial charge in [0.15, 0.2) is 0 Å². The molecule has 0 aromatic rings. The molecule has 28 heavy (non-hydrogen) atoms. The first-order valence-electron chi connectivity index (χ1n) is 7.94. The van der Waals surface area contributed by atoms with Gasteiger partial charge >= 0.3 is 11.9 Å². The van der Waals surface area contributed by atoms with Gasteiger partial charge in [-0.25, -0.2) is 4.79 Å². The van der Waals surface area contributed by atoms with E-state index in [9.17, 15) is 28.8 Å². The summed E-state index contributed by atoms with van der Waals surface area (Å²) in [6, 6.07) is -3.99. The number of aliphatic carboxylic acids is 2. The minimum Gasteiger partial charge on any atom is -0.481 e. The zero-order valence-electron chi connectivity index (χ0n) is 14.7. The number of thiol groups is 1. The number of nitrogens with two attached hydrogens (primary N) is 2. The van der Waals surface area contributed by atoms with Crippen LogP contribution in [0.2, 0.25) is 0 Å². The summed E-state index contributed by atoms with van der Waals surface area (Å²) < 4.78 is 0. The Balaban J connectivity index is 4.84. The number of carboxylic acid groups (broad SMARTS) is 2. The van der Waals surface area contributed by atoms with Gasteiger partial charge in [-0.15, -0.1) is 0 Å². The highest BCUT2D eigenvalue weighted by Crippen LogP contribution is 2.00. The summed E-state index contributed by atoms with van der Waals surface area (Å²) in [6.07, 6.45) is -1.12. The van der Waals surface area contributed by atoms with E-state index in [1.165, 1.54) is 0 Å². The third kappa shape index (κ3) is 10.3. The Kier molecular flexibility index (Phi) is 11.2. The standard InChI is InChI=1S/C14H23N5O8S/c15-6(3-11(22)23)12(24)17-4-10(21)18-7(1-2-9(16)20)13(25)19-8(5-28)14(26)27/h6-8,28H,1-5,15H2,(H2,16,20)(H,17,24)(H,18,21)(H,19,25)(H,22,23)(H,26,27). The zero-order chi connectivity index (χ0) is 21.9. The second-order valence-corrected chi connectivity index (χ2v) is 5.99. The topological polar surface area (TPSA) is 231 Å². The lowest BCUT2D eigenvalue weighted by atomic mass is 10.1. The molecule has 14 heteroatoms. The maximum absolute atomic E-state index is 12.2. The lowest BCUT2D eigenvalue weighted by Crippen LogP contribution is -2.54. The monoisotopic (exact) mass is 421 g/mol. The summed E-state index contributed by atoms with van der Waals surface area (Å²) in [7, 11) is 0. The number of primary amides is 1. The van der Waals surface area contributed by atoms with E-state index in [1.807, 2.05) is 0 Å². The van der Waals surface area contributed by atoms with E-state index in [0.29, 0.717) is 0 Å². The predicted octanol–water partition coefficient (Wildman–Crippen LogP) is -3.85. The van der Waals surface area contributed by atoms with Crippen molar-refractivity contribution in [3.05, 3.63) is 0 Å². The van der Waals surface area contributed by atoms with E-state index in [0.717, 1.165) is 0 Å². The molecule has 0 spiro atoms. The van der Waals surface area contributed by atoms with Gasteiger partial charge in [0, 0.05) is 12.2 Å². The molecule has 0 fully saturated rings. The summed E-state index contributed by atoms with van der Waals surface area (Å²) in [5.41, 5.74) is 10.3. The van der Waals surface area contributed by atoms with Crippen LogP contribution in [-0.2, 0) is 28.8 Å². The first-order valence-corrected chi connectivity index (χ1v) is 8.57. The van der Waals surface area contributed by atoms with E-state index in [-0.39, 0.29) is 18.6 Å². The minimum absolute atomic E-state index is 0.210. The molecular formula is C14H23N5O8S. The van der Waals surface area contributed by atoms with Gasteiger partial charge in [-0.3, -0.25) is 24.0 Å². The molecular weight excluding hydrogens is 398 g/mol. The first kappa shape index (κ1) is 25.1. The molecule has 0 rings (SSSR count). The Morgan fingerprint density at radius 1 is 0.964 bits per heavy atom. The SMILES string of the molecule is NC(=O)CCC(NC(=O)CNC(=O)C(N)CC(=O)O)C(=O)NC(CS)C(=O)O. The number of carboxylic acids is 2. The molecule has 0 heterocycles. The molecule has 0 saturated carbocycles. The van der Waals surface area contributed by atoms with Gasteiger partial charge in [0.25, 0.3) is 0 Å². The fourth-order valence-corrected chi connectivity index (χ4v) is 2.09. The predicted molar refractivity (Wildman–Crippen MR) is 97.0 cm³/mol. The zero-order valence-corrected chi connectivity index (χ0v) is 15.6. The lowest BCUT2D eigenvalue weighted by molar-refractivity contribution is -0.141. The van der Waals surface area contributed by atoms with Crippen LogP contribution in [-0.4, -0.2) is 76.2 Å². The molecule has 0 aliphatic carbocycles. The van der Waals surface area contributed by atoms with Crippen molar-refractivity contribution in [2.45, 2.75) is 37.4 Å². The molecule has 0 aliphatic heterocycles. The van der Waals surface area contributed by atoms with Crippen LogP contribution >= 0.6 is 12.6 Å². The maximum Gasteiger partial charge on any atom is 0.327 e. The third-order valence-corrected chi connectivity index (χ3v) is 3.65. The smallest absolute Gasteiger partial charge is 0.327 e. The van der Waals surface area contributed by atoms with Gasteiger partial charge in [-0.2, -0.15) is 12.6 Å². The van der Waals surface area contributed by atoms with Crippen LogP contribution in [0.25, 0.3) is 0 Å². The summed E-state index contributed by atoms with van der Waals surface area (Å²) in [5.74, 6) is -6.23. The second kappa shape index (κ2) is 12.5. The average Bonchev–Trinajstić information content (AvgIpc) is 2.59. The summed E-state index contributed by atoms with van der Waals surface area (Å²) >= 11 is 3.79. The number of nitrogens with one attached hydrogen (secondary N) is 3. The highest BCUT2D eigenvalue weighted by atomic mass is 32.1. The molecule has 3 atom stereocenters. The van der Waals surface area contributed by atoms with Crippen molar-refractivity contribution >= 4 is 48.2 Å². The molecule has 9 N–H and O–H groups in total. The Labute approximate surface area is 165 Å². The molecule has 0 radical (unpaired) electrons. The maximum atomic E-state index is 12.2. The van der Waals surface area contributed by atoms with E-state index in [2.05, 4.69) is 28.6 Å². The van der Waals surface area contributed by atoms with Gasteiger partial charge < -0.3 is 37.6 Å². The average molecular weight is 421 g/mol. The summed E-state index contributed by atoms with van der Waals surface area (Å²) in [4.78, 5) is 68.1. The van der Waals surface area contributed by atoms with Crippen molar-refractivity contribution in [2.75, 3.05) is 12.3 Å². The van der Waals surface area contributed by atoms with Crippen molar-refractivity contribution in [2.24, 2.45) is 11.5 Å². The van der Waals surface area contributed by atoms with E-state index < -0.39 is 66.7 Å². The van der Waals surface area contributed by atoms with Gasteiger partial charge in [-0.1, -0.05) is 0 Å². The highest BCUT2D eigenvalue weighted by molar-refractivity contribution is 7.80. The van der Waals surface area contributed by atoms with Crippen molar-refractivity contribution in [3.63, 3.8) is 0 Å². The molecule has 0 aromatic heterocycles. The largest absolute Gasteiger partial charge is 0.481 e. The van der Waals surface area contributed by atoms with Crippen LogP contribution in [0.5, 0.6) is 0 Å². The molecule has 0 saturated heterocycles. The molecule has 0 aromatic carbocycles. The van der Waals surface area contributed by atoms with E-state index in [4.69, 9.17) is 21.7 Å². The number of hydrogen-bond donors (Lipinski definition) is 8. The first-order chi connectivity index (χ1) is 13.0. The fraction of sp³-hybridized carbons (Fsp3) is 0.571. The van der Waals surface area contributed by atoms with Gasteiger partial charge in [0.2, 0.25) is 23.6 Å². The number of hydrogen-bond acceptors (Lipinski definition) is 8.